The third kappa shape index (κ3) is 7.82. The predicted molar refractivity (Wildman–Crippen MR) is 85.4 cm³/mol. The van der Waals surface area contributed by atoms with Crippen LogP contribution in [0.4, 0.5) is 0 Å². The molecule has 0 radical (unpaired) electrons. The summed E-state index contributed by atoms with van der Waals surface area (Å²) in [5, 5.41) is 3.46. The zero-order valence-electron chi connectivity index (χ0n) is 14.1. The monoisotopic (exact) mass is 299 g/mol. The molecule has 4 heteroatoms. The molecular formula is C17H33NO3. The van der Waals surface area contributed by atoms with Crippen LogP contribution in [0.1, 0.15) is 72.1 Å². The summed E-state index contributed by atoms with van der Waals surface area (Å²) in [6.45, 7) is 8.14. The number of carbonyl (C=O) groups excluding carboxylic acids is 1. The number of nitrogens with one attached hydrogen (secondary N) is 1. The largest absolute Gasteiger partial charge is 0.465 e. The number of esters is 1. The number of hydrogen-bond acceptors (Lipinski definition) is 4. The molecule has 0 spiro atoms. The van der Waals surface area contributed by atoms with Crippen LogP contribution in [0.2, 0.25) is 0 Å². The normalized spacial score (nSPS) is 17.5. The SMILES string of the molecule is CCCCCOCCCCC(C)(NC1CC1)C(=O)OCC. The molecule has 0 saturated heterocycles. The minimum atomic E-state index is -0.528. The zero-order chi connectivity index (χ0) is 15.6. The van der Waals surface area contributed by atoms with Crippen LogP contribution in [-0.2, 0) is 14.3 Å². The van der Waals surface area contributed by atoms with Crippen molar-refractivity contribution in [3.05, 3.63) is 0 Å². The second kappa shape index (κ2) is 10.2. The average Bonchev–Trinajstić information content (AvgIpc) is 3.26. The summed E-state index contributed by atoms with van der Waals surface area (Å²) in [6, 6.07) is 0.504. The fraction of sp³-hybridized carbons (Fsp3) is 0.941. The third-order valence-corrected chi connectivity index (χ3v) is 3.93. The predicted octanol–water partition coefficient (Wildman–Crippen LogP) is 3.44. The van der Waals surface area contributed by atoms with Gasteiger partial charge in [-0.25, -0.2) is 0 Å². The maximum Gasteiger partial charge on any atom is 0.326 e. The molecule has 1 unspecified atom stereocenters. The Labute approximate surface area is 130 Å². The van der Waals surface area contributed by atoms with Crippen LogP contribution in [0.25, 0.3) is 0 Å². The van der Waals surface area contributed by atoms with E-state index in [1.54, 1.807) is 0 Å². The van der Waals surface area contributed by atoms with Crippen molar-refractivity contribution in [2.24, 2.45) is 0 Å². The molecule has 21 heavy (non-hydrogen) atoms. The van der Waals surface area contributed by atoms with E-state index in [9.17, 15) is 4.79 Å². The van der Waals surface area contributed by atoms with Crippen molar-refractivity contribution in [2.45, 2.75) is 83.7 Å². The highest BCUT2D eigenvalue weighted by atomic mass is 16.5. The molecule has 0 aromatic rings. The molecule has 0 aliphatic heterocycles. The lowest BCUT2D eigenvalue weighted by molar-refractivity contribution is -0.151. The minimum Gasteiger partial charge on any atom is -0.465 e. The van der Waals surface area contributed by atoms with Crippen LogP contribution >= 0.6 is 0 Å². The van der Waals surface area contributed by atoms with Crippen molar-refractivity contribution in [3.8, 4) is 0 Å². The first-order chi connectivity index (χ1) is 10.1. The molecular weight excluding hydrogens is 266 g/mol. The van der Waals surface area contributed by atoms with Crippen molar-refractivity contribution >= 4 is 5.97 Å². The Bertz CT molecular complexity index is 292. The van der Waals surface area contributed by atoms with Gasteiger partial charge in [-0.05, 0) is 52.4 Å². The number of ether oxygens (including phenoxy) is 2. The quantitative estimate of drug-likeness (QED) is 0.418. The van der Waals surface area contributed by atoms with E-state index in [4.69, 9.17) is 9.47 Å². The summed E-state index contributed by atoms with van der Waals surface area (Å²) in [6.07, 6.45) is 8.79. The maximum absolute atomic E-state index is 12.2. The van der Waals surface area contributed by atoms with Gasteiger partial charge in [-0.15, -0.1) is 0 Å². The van der Waals surface area contributed by atoms with E-state index >= 15 is 0 Å². The van der Waals surface area contributed by atoms with E-state index in [2.05, 4.69) is 12.2 Å². The van der Waals surface area contributed by atoms with Gasteiger partial charge < -0.3 is 9.47 Å². The molecule has 1 N–H and O–H groups in total. The van der Waals surface area contributed by atoms with Crippen molar-refractivity contribution in [3.63, 3.8) is 0 Å². The molecule has 0 aromatic carbocycles. The van der Waals surface area contributed by atoms with E-state index in [-0.39, 0.29) is 5.97 Å². The van der Waals surface area contributed by atoms with Gasteiger partial charge in [-0.1, -0.05) is 19.8 Å². The van der Waals surface area contributed by atoms with E-state index in [1.165, 1.54) is 25.7 Å². The summed E-state index contributed by atoms with van der Waals surface area (Å²) in [4.78, 5) is 12.2. The molecule has 0 heterocycles. The zero-order valence-corrected chi connectivity index (χ0v) is 14.1. The molecule has 124 valence electrons. The Morgan fingerprint density at radius 1 is 1.14 bits per heavy atom. The van der Waals surface area contributed by atoms with Crippen molar-refractivity contribution in [1.29, 1.82) is 0 Å². The Balaban J connectivity index is 2.18. The summed E-state index contributed by atoms with van der Waals surface area (Å²) < 4.78 is 10.8. The van der Waals surface area contributed by atoms with Crippen LogP contribution in [-0.4, -0.2) is 37.4 Å². The van der Waals surface area contributed by atoms with Crippen LogP contribution in [0.3, 0.4) is 0 Å². The second-order valence-corrected chi connectivity index (χ2v) is 6.25. The first-order valence-corrected chi connectivity index (χ1v) is 8.65. The lowest BCUT2D eigenvalue weighted by atomic mass is 9.94. The number of unbranched alkanes of at least 4 members (excludes halogenated alkanes) is 3. The summed E-state index contributed by atoms with van der Waals surface area (Å²) >= 11 is 0. The van der Waals surface area contributed by atoms with Crippen molar-refractivity contribution in [1.82, 2.24) is 5.32 Å². The van der Waals surface area contributed by atoms with Crippen LogP contribution in [0.15, 0.2) is 0 Å². The molecule has 1 aliphatic carbocycles. The third-order valence-electron chi connectivity index (χ3n) is 3.93. The lowest BCUT2D eigenvalue weighted by Crippen LogP contribution is -2.51. The van der Waals surface area contributed by atoms with Gasteiger partial charge in [0, 0.05) is 19.3 Å². The molecule has 1 atom stereocenters. The second-order valence-electron chi connectivity index (χ2n) is 6.25. The number of rotatable bonds is 13. The number of carbonyl (C=O) groups is 1. The highest BCUT2D eigenvalue weighted by Gasteiger charge is 2.38. The Kier molecular flexibility index (Phi) is 8.93. The van der Waals surface area contributed by atoms with Crippen LogP contribution < -0.4 is 5.32 Å². The van der Waals surface area contributed by atoms with E-state index in [0.29, 0.717) is 12.6 Å². The Morgan fingerprint density at radius 2 is 1.81 bits per heavy atom. The summed E-state index contributed by atoms with van der Waals surface area (Å²) in [5.74, 6) is -0.110. The van der Waals surface area contributed by atoms with Gasteiger partial charge in [-0.3, -0.25) is 10.1 Å². The molecule has 1 rings (SSSR count). The standard InChI is InChI=1S/C17H33NO3/c1-4-6-8-13-20-14-9-7-12-17(3,16(19)21-5-2)18-15-10-11-15/h15,18H,4-14H2,1-3H3. The first-order valence-electron chi connectivity index (χ1n) is 8.65. The van der Waals surface area contributed by atoms with Crippen LogP contribution in [0.5, 0.6) is 0 Å². The lowest BCUT2D eigenvalue weighted by Gasteiger charge is -2.28. The van der Waals surface area contributed by atoms with E-state index < -0.39 is 5.54 Å². The molecule has 4 nitrogen and oxygen atoms in total. The van der Waals surface area contributed by atoms with Gasteiger partial charge in [0.25, 0.3) is 0 Å². The summed E-state index contributed by atoms with van der Waals surface area (Å²) in [7, 11) is 0. The minimum absolute atomic E-state index is 0.110. The van der Waals surface area contributed by atoms with E-state index in [0.717, 1.165) is 38.9 Å². The molecule has 0 bridgehead atoms. The fourth-order valence-corrected chi connectivity index (χ4v) is 2.44. The van der Waals surface area contributed by atoms with Crippen molar-refractivity contribution in [2.75, 3.05) is 19.8 Å². The van der Waals surface area contributed by atoms with Gasteiger partial charge >= 0.3 is 5.97 Å². The highest BCUT2D eigenvalue weighted by molar-refractivity contribution is 5.80. The van der Waals surface area contributed by atoms with Crippen LogP contribution in [0, 0.1) is 0 Å². The molecule has 0 aromatic heterocycles. The Morgan fingerprint density at radius 3 is 2.38 bits per heavy atom. The summed E-state index contributed by atoms with van der Waals surface area (Å²) in [5.41, 5.74) is -0.528. The van der Waals surface area contributed by atoms with Gasteiger partial charge in [-0.2, -0.15) is 0 Å². The molecule has 1 saturated carbocycles. The molecule has 0 amide bonds. The van der Waals surface area contributed by atoms with Gasteiger partial charge in [0.2, 0.25) is 0 Å². The average molecular weight is 299 g/mol. The topological polar surface area (TPSA) is 47.6 Å². The Hall–Kier alpha value is -0.610. The number of hydrogen-bond donors (Lipinski definition) is 1. The van der Waals surface area contributed by atoms with Gasteiger partial charge in [0.05, 0.1) is 6.61 Å². The van der Waals surface area contributed by atoms with Crippen molar-refractivity contribution < 1.29 is 14.3 Å². The molecule has 1 fully saturated rings. The highest BCUT2D eigenvalue weighted by Crippen LogP contribution is 2.26. The fourth-order valence-electron chi connectivity index (χ4n) is 2.44. The maximum atomic E-state index is 12.2. The smallest absolute Gasteiger partial charge is 0.326 e. The molecule has 1 aliphatic rings. The van der Waals surface area contributed by atoms with Gasteiger partial charge in [0.1, 0.15) is 5.54 Å². The van der Waals surface area contributed by atoms with Gasteiger partial charge in [0.15, 0.2) is 0 Å². The first kappa shape index (κ1) is 18.4. The van der Waals surface area contributed by atoms with E-state index in [1.807, 2.05) is 13.8 Å².